The zero-order valence-electron chi connectivity index (χ0n) is 12.4. The van der Waals surface area contributed by atoms with E-state index in [4.69, 9.17) is 0 Å². The third kappa shape index (κ3) is 4.56. The van der Waals surface area contributed by atoms with Crippen LogP contribution in [0.2, 0.25) is 0 Å². The molecule has 0 heterocycles. The minimum absolute atomic E-state index is 0.0159. The first-order valence-corrected chi connectivity index (χ1v) is 7.21. The highest BCUT2D eigenvalue weighted by atomic mass is 19.3. The molecule has 7 heteroatoms. The van der Waals surface area contributed by atoms with Gasteiger partial charge in [-0.05, 0) is 31.4 Å². The van der Waals surface area contributed by atoms with E-state index in [1.54, 1.807) is 19.1 Å². The number of hydrogen-bond acceptors (Lipinski definition) is 3. The molecule has 122 valence electrons. The van der Waals surface area contributed by atoms with Crippen LogP contribution in [0.4, 0.5) is 19.3 Å². The SMILES string of the molecule is Cc1ccc(NC(=O)NCC2(O)CCCC2)cc1OC(F)F. The molecule has 0 atom stereocenters. The lowest BCUT2D eigenvalue weighted by molar-refractivity contribution is -0.0502. The zero-order chi connectivity index (χ0) is 16.2. The van der Waals surface area contributed by atoms with E-state index in [-0.39, 0.29) is 12.3 Å². The van der Waals surface area contributed by atoms with E-state index in [9.17, 15) is 18.7 Å². The summed E-state index contributed by atoms with van der Waals surface area (Å²) >= 11 is 0. The van der Waals surface area contributed by atoms with Crippen molar-refractivity contribution in [1.82, 2.24) is 5.32 Å². The number of hydrogen-bond donors (Lipinski definition) is 3. The number of amides is 2. The molecule has 1 aromatic rings. The number of carbonyl (C=O) groups excluding carboxylic acids is 1. The number of aryl methyl sites for hydroxylation is 1. The maximum Gasteiger partial charge on any atom is 0.387 e. The number of halogens is 2. The second-order valence-electron chi connectivity index (χ2n) is 5.60. The average Bonchev–Trinajstić information content (AvgIpc) is 2.87. The van der Waals surface area contributed by atoms with Crippen molar-refractivity contribution >= 4 is 11.7 Å². The van der Waals surface area contributed by atoms with Crippen LogP contribution in [-0.4, -0.2) is 29.9 Å². The lowest BCUT2D eigenvalue weighted by Crippen LogP contribution is -2.42. The highest BCUT2D eigenvalue weighted by molar-refractivity contribution is 5.89. The van der Waals surface area contributed by atoms with Crippen molar-refractivity contribution in [1.29, 1.82) is 0 Å². The number of benzene rings is 1. The molecule has 1 aliphatic carbocycles. The Balaban J connectivity index is 1.90. The molecule has 0 radical (unpaired) electrons. The molecule has 1 aromatic carbocycles. The molecule has 0 aromatic heterocycles. The van der Waals surface area contributed by atoms with E-state index < -0.39 is 18.2 Å². The summed E-state index contributed by atoms with van der Waals surface area (Å²) in [5.41, 5.74) is 0.0536. The maximum absolute atomic E-state index is 12.3. The van der Waals surface area contributed by atoms with Gasteiger partial charge in [-0.2, -0.15) is 8.78 Å². The van der Waals surface area contributed by atoms with E-state index >= 15 is 0 Å². The Morgan fingerprint density at radius 2 is 2.09 bits per heavy atom. The molecule has 0 aliphatic heterocycles. The van der Waals surface area contributed by atoms with E-state index in [1.807, 2.05) is 0 Å². The van der Waals surface area contributed by atoms with Gasteiger partial charge < -0.3 is 20.5 Å². The topological polar surface area (TPSA) is 70.6 Å². The summed E-state index contributed by atoms with van der Waals surface area (Å²) in [4.78, 5) is 11.8. The molecule has 1 saturated carbocycles. The first-order valence-electron chi connectivity index (χ1n) is 7.21. The smallest absolute Gasteiger partial charge is 0.387 e. The van der Waals surface area contributed by atoms with Gasteiger partial charge in [0.25, 0.3) is 0 Å². The summed E-state index contributed by atoms with van der Waals surface area (Å²) < 4.78 is 28.9. The van der Waals surface area contributed by atoms with Crippen LogP contribution in [0.15, 0.2) is 18.2 Å². The Morgan fingerprint density at radius 1 is 1.41 bits per heavy atom. The number of carbonyl (C=O) groups is 1. The van der Waals surface area contributed by atoms with Crippen LogP contribution < -0.4 is 15.4 Å². The summed E-state index contributed by atoms with van der Waals surface area (Å²) in [5.74, 6) is 0.0159. The molecule has 22 heavy (non-hydrogen) atoms. The second kappa shape index (κ2) is 6.91. The number of alkyl halides is 2. The number of urea groups is 1. The van der Waals surface area contributed by atoms with Gasteiger partial charge >= 0.3 is 12.6 Å². The first-order chi connectivity index (χ1) is 10.4. The molecule has 0 unspecified atom stereocenters. The molecule has 0 spiro atoms. The van der Waals surface area contributed by atoms with Crippen molar-refractivity contribution in [2.24, 2.45) is 0 Å². The first kappa shape index (κ1) is 16.5. The van der Waals surface area contributed by atoms with E-state index in [0.29, 0.717) is 24.1 Å². The maximum atomic E-state index is 12.3. The van der Waals surface area contributed by atoms with Crippen molar-refractivity contribution in [3.05, 3.63) is 23.8 Å². The number of nitrogens with one attached hydrogen (secondary N) is 2. The third-order valence-electron chi connectivity index (χ3n) is 3.77. The van der Waals surface area contributed by atoms with Crippen molar-refractivity contribution in [2.45, 2.75) is 44.8 Å². The largest absolute Gasteiger partial charge is 0.434 e. The van der Waals surface area contributed by atoms with Crippen LogP contribution in [0, 0.1) is 6.92 Å². The molecular formula is C15H20F2N2O3. The van der Waals surface area contributed by atoms with Gasteiger partial charge in [-0.1, -0.05) is 18.9 Å². The Hall–Kier alpha value is -1.89. The minimum atomic E-state index is -2.92. The van der Waals surface area contributed by atoms with Crippen LogP contribution in [-0.2, 0) is 0 Å². The summed E-state index contributed by atoms with van der Waals surface area (Å²) in [6.45, 7) is -1.11. The summed E-state index contributed by atoms with van der Waals surface area (Å²) in [6, 6.07) is 4.02. The zero-order valence-corrected chi connectivity index (χ0v) is 12.4. The molecule has 1 fully saturated rings. The fourth-order valence-electron chi connectivity index (χ4n) is 2.53. The quantitative estimate of drug-likeness (QED) is 0.782. The standard InChI is InChI=1S/C15H20F2N2O3/c1-10-4-5-11(8-12(10)22-13(16)17)19-14(20)18-9-15(21)6-2-3-7-15/h4-5,8,13,21H,2-3,6-7,9H2,1H3,(H2,18,19,20). The summed E-state index contributed by atoms with van der Waals surface area (Å²) in [5, 5.41) is 15.3. The van der Waals surface area contributed by atoms with Gasteiger partial charge in [0.15, 0.2) is 0 Å². The van der Waals surface area contributed by atoms with Gasteiger partial charge in [0.05, 0.1) is 5.60 Å². The number of anilines is 1. The van der Waals surface area contributed by atoms with Gasteiger partial charge in [-0.3, -0.25) is 0 Å². The van der Waals surface area contributed by atoms with Crippen molar-refractivity contribution < 1.29 is 23.4 Å². The van der Waals surface area contributed by atoms with Crippen LogP contribution >= 0.6 is 0 Å². The van der Waals surface area contributed by atoms with E-state index in [2.05, 4.69) is 15.4 Å². The molecule has 2 rings (SSSR count). The van der Waals surface area contributed by atoms with Gasteiger partial charge in [-0.15, -0.1) is 0 Å². The van der Waals surface area contributed by atoms with Crippen LogP contribution in [0.25, 0.3) is 0 Å². The predicted molar refractivity (Wildman–Crippen MR) is 78.3 cm³/mol. The molecule has 2 amide bonds. The normalized spacial score (nSPS) is 16.6. The van der Waals surface area contributed by atoms with Crippen LogP contribution in [0.3, 0.4) is 0 Å². The number of rotatable bonds is 5. The molecule has 3 N–H and O–H groups in total. The molecule has 0 saturated heterocycles. The fraction of sp³-hybridized carbons (Fsp3) is 0.533. The van der Waals surface area contributed by atoms with E-state index in [0.717, 1.165) is 12.8 Å². The Kier molecular flexibility index (Phi) is 5.18. The van der Waals surface area contributed by atoms with Crippen molar-refractivity contribution in [3.8, 4) is 5.75 Å². The minimum Gasteiger partial charge on any atom is -0.434 e. The van der Waals surface area contributed by atoms with Crippen molar-refractivity contribution in [3.63, 3.8) is 0 Å². The lowest BCUT2D eigenvalue weighted by Gasteiger charge is -2.22. The Bertz CT molecular complexity index is 532. The molecular weight excluding hydrogens is 294 g/mol. The third-order valence-corrected chi connectivity index (χ3v) is 3.77. The number of aliphatic hydroxyl groups is 1. The second-order valence-corrected chi connectivity index (χ2v) is 5.60. The molecule has 1 aliphatic rings. The molecule has 0 bridgehead atoms. The van der Waals surface area contributed by atoms with E-state index in [1.165, 1.54) is 6.07 Å². The van der Waals surface area contributed by atoms with Crippen molar-refractivity contribution in [2.75, 3.05) is 11.9 Å². The number of ether oxygens (including phenoxy) is 1. The van der Waals surface area contributed by atoms with Gasteiger partial charge in [-0.25, -0.2) is 4.79 Å². The Morgan fingerprint density at radius 3 is 2.73 bits per heavy atom. The summed E-state index contributed by atoms with van der Waals surface area (Å²) in [6.07, 6.45) is 3.24. The average molecular weight is 314 g/mol. The summed E-state index contributed by atoms with van der Waals surface area (Å²) in [7, 11) is 0. The van der Waals surface area contributed by atoms with Gasteiger partial charge in [0.2, 0.25) is 0 Å². The lowest BCUT2D eigenvalue weighted by atomic mass is 10.0. The van der Waals surface area contributed by atoms with Gasteiger partial charge in [0, 0.05) is 18.3 Å². The fourth-order valence-corrected chi connectivity index (χ4v) is 2.53. The molecule has 5 nitrogen and oxygen atoms in total. The van der Waals surface area contributed by atoms with Gasteiger partial charge in [0.1, 0.15) is 5.75 Å². The van der Waals surface area contributed by atoms with Crippen LogP contribution in [0.5, 0.6) is 5.75 Å². The predicted octanol–water partition coefficient (Wildman–Crippen LogP) is 3.02. The monoisotopic (exact) mass is 314 g/mol. The Labute approximate surface area is 127 Å². The highest BCUT2D eigenvalue weighted by Crippen LogP contribution is 2.28. The highest BCUT2D eigenvalue weighted by Gasteiger charge is 2.31. The van der Waals surface area contributed by atoms with Crippen LogP contribution in [0.1, 0.15) is 31.2 Å².